The highest BCUT2D eigenvalue weighted by molar-refractivity contribution is 5.95. The van der Waals surface area contributed by atoms with E-state index in [9.17, 15) is 4.79 Å². The van der Waals surface area contributed by atoms with Gasteiger partial charge in [-0.2, -0.15) is 0 Å². The van der Waals surface area contributed by atoms with E-state index in [0.717, 1.165) is 56.0 Å². The normalized spacial score (nSPS) is 14.2. The van der Waals surface area contributed by atoms with Gasteiger partial charge in [0, 0.05) is 12.6 Å². The van der Waals surface area contributed by atoms with E-state index >= 15 is 0 Å². The minimum Gasteiger partial charge on any atom is -0.463 e. The van der Waals surface area contributed by atoms with E-state index in [0.29, 0.717) is 11.6 Å². The van der Waals surface area contributed by atoms with Gasteiger partial charge in [0.2, 0.25) is 0 Å². The number of pyridine rings is 1. The van der Waals surface area contributed by atoms with Gasteiger partial charge in [-0.25, -0.2) is 4.98 Å². The highest BCUT2D eigenvalue weighted by Crippen LogP contribution is 2.22. The third kappa shape index (κ3) is 5.00. The Bertz CT molecular complexity index is 686. The molecule has 0 unspecified atom stereocenters. The Hall–Kier alpha value is -1.56. The molecule has 2 aromatic rings. The zero-order chi connectivity index (χ0) is 16.9. The van der Waals surface area contributed by atoms with E-state index in [1.54, 1.807) is 6.26 Å². The monoisotopic (exact) mass is 399 g/mol. The summed E-state index contributed by atoms with van der Waals surface area (Å²) in [5, 5.41) is 3.36. The van der Waals surface area contributed by atoms with Gasteiger partial charge < -0.3 is 14.6 Å². The van der Waals surface area contributed by atoms with Crippen molar-refractivity contribution in [2.24, 2.45) is 0 Å². The Balaban J connectivity index is 0.00000169. The van der Waals surface area contributed by atoms with Crippen molar-refractivity contribution in [2.75, 3.05) is 19.6 Å². The van der Waals surface area contributed by atoms with Crippen LogP contribution in [0.3, 0.4) is 0 Å². The molecular formula is C19H27Cl2N3O2. The van der Waals surface area contributed by atoms with Crippen LogP contribution in [0.1, 0.15) is 42.2 Å². The fraction of sp³-hybridized carbons (Fsp3) is 0.474. The van der Waals surface area contributed by atoms with Gasteiger partial charge in [-0.15, -0.1) is 24.8 Å². The number of aromatic nitrogens is 1. The molecule has 0 aliphatic carbocycles. The number of hydrogen-bond acceptors (Lipinski definition) is 4. The number of nitrogens with zero attached hydrogens (tertiary/aromatic N) is 2. The lowest BCUT2D eigenvalue weighted by molar-refractivity contribution is 0.0641. The maximum absolute atomic E-state index is 13.1. The first kappa shape index (κ1) is 22.5. The number of halogens is 2. The quantitative estimate of drug-likeness (QED) is 0.821. The second kappa shape index (κ2) is 10.6. The van der Waals surface area contributed by atoms with Crippen LogP contribution in [0.5, 0.6) is 0 Å². The highest BCUT2D eigenvalue weighted by Gasteiger charge is 2.26. The summed E-state index contributed by atoms with van der Waals surface area (Å²) in [6.07, 6.45) is 4.63. The fourth-order valence-electron chi connectivity index (χ4n) is 3.31. The average Bonchev–Trinajstić information content (AvgIpc) is 3.14. The predicted molar refractivity (Wildman–Crippen MR) is 108 cm³/mol. The average molecular weight is 400 g/mol. The van der Waals surface area contributed by atoms with Crippen molar-refractivity contribution in [3.8, 4) is 11.5 Å². The van der Waals surface area contributed by atoms with Gasteiger partial charge in [-0.1, -0.05) is 6.92 Å². The number of nitrogens with one attached hydrogen (secondary N) is 1. The maximum atomic E-state index is 13.1. The van der Waals surface area contributed by atoms with Crippen LogP contribution in [0.25, 0.3) is 11.5 Å². The van der Waals surface area contributed by atoms with E-state index in [4.69, 9.17) is 4.42 Å². The molecule has 1 N–H and O–H groups in total. The standard InChI is InChI=1S/C19H25N3O2.2ClH/c1-3-12-22(15-8-10-20-11-9-15)19(23)16-6-7-17(21-14(16)2)18-5-4-13-24-18;;/h4-7,13,15,20H,3,8-12H2,1-2H3;2*1H. The number of hydrogen-bond donors (Lipinski definition) is 1. The van der Waals surface area contributed by atoms with Crippen LogP contribution in [-0.2, 0) is 0 Å². The number of carbonyl (C=O) groups excluding carboxylic acids is 1. The summed E-state index contributed by atoms with van der Waals surface area (Å²) in [4.78, 5) is 19.7. The molecule has 7 heteroatoms. The van der Waals surface area contributed by atoms with E-state index in [-0.39, 0.29) is 30.7 Å². The van der Waals surface area contributed by atoms with E-state index in [1.807, 2.05) is 36.1 Å². The maximum Gasteiger partial charge on any atom is 0.255 e. The van der Waals surface area contributed by atoms with Crippen LogP contribution in [0, 0.1) is 6.92 Å². The SMILES string of the molecule is CCCN(C(=O)c1ccc(-c2ccco2)nc1C)C1CCNCC1.Cl.Cl. The molecule has 1 aliphatic rings. The smallest absolute Gasteiger partial charge is 0.255 e. The minimum absolute atomic E-state index is 0. The molecule has 0 spiro atoms. The molecule has 0 bridgehead atoms. The molecule has 0 saturated carbocycles. The van der Waals surface area contributed by atoms with Gasteiger partial charge in [-0.05, 0) is 63.5 Å². The molecule has 0 radical (unpaired) electrons. The summed E-state index contributed by atoms with van der Waals surface area (Å²) in [6, 6.07) is 7.79. The number of carbonyl (C=O) groups is 1. The molecule has 0 aromatic carbocycles. The lowest BCUT2D eigenvalue weighted by atomic mass is 10.0. The Morgan fingerprint density at radius 2 is 2.00 bits per heavy atom. The zero-order valence-corrected chi connectivity index (χ0v) is 16.9. The third-order valence-corrected chi connectivity index (χ3v) is 4.56. The number of amides is 1. The molecule has 26 heavy (non-hydrogen) atoms. The Kier molecular flexibility index (Phi) is 9.13. The summed E-state index contributed by atoms with van der Waals surface area (Å²) in [5.74, 6) is 0.820. The van der Waals surface area contributed by atoms with E-state index in [1.165, 1.54) is 0 Å². The van der Waals surface area contributed by atoms with Gasteiger partial charge in [0.15, 0.2) is 5.76 Å². The van der Waals surface area contributed by atoms with Gasteiger partial charge in [0.05, 0.1) is 17.5 Å². The summed E-state index contributed by atoms with van der Waals surface area (Å²) < 4.78 is 5.39. The van der Waals surface area contributed by atoms with Crippen molar-refractivity contribution in [2.45, 2.75) is 39.2 Å². The van der Waals surface area contributed by atoms with Crippen LogP contribution in [0.4, 0.5) is 0 Å². The zero-order valence-electron chi connectivity index (χ0n) is 15.2. The molecule has 3 rings (SSSR count). The van der Waals surface area contributed by atoms with Crippen LogP contribution < -0.4 is 5.32 Å². The molecule has 144 valence electrons. The van der Waals surface area contributed by atoms with Crippen molar-refractivity contribution < 1.29 is 9.21 Å². The van der Waals surface area contributed by atoms with Crippen LogP contribution >= 0.6 is 24.8 Å². The van der Waals surface area contributed by atoms with Gasteiger partial charge in [0.1, 0.15) is 5.69 Å². The van der Waals surface area contributed by atoms with Crippen LogP contribution in [-0.4, -0.2) is 41.5 Å². The molecule has 3 heterocycles. The first-order valence-electron chi connectivity index (χ1n) is 8.74. The number of piperidine rings is 1. The molecule has 1 aliphatic heterocycles. The van der Waals surface area contributed by atoms with Crippen molar-refractivity contribution in [3.63, 3.8) is 0 Å². The third-order valence-electron chi connectivity index (χ3n) is 4.56. The van der Waals surface area contributed by atoms with E-state index < -0.39 is 0 Å². The van der Waals surface area contributed by atoms with Crippen molar-refractivity contribution in [3.05, 3.63) is 41.8 Å². The largest absolute Gasteiger partial charge is 0.463 e. The van der Waals surface area contributed by atoms with Crippen molar-refractivity contribution in [1.29, 1.82) is 0 Å². The Morgan fingerprint density at radius 3 is 2.58 bits per heavy atom. The Labute approximate surface area is 167 Å². The highest BCUT2D eigenvalue weighted by atomic mass is 35.5. The lowest BCUT2D eigenvalue weighted by Gasteiger charge is -2.35. The first-order valence-corrected chi connectivity index (χ1v) is 8.74. The van der Waals surface area contributed by atoms with Gasteiger partial charge in [0.25, 0.3) is 5.91 Å². The van der Waals surface area contributed by atoms with Crippen molar-refractivity contribution in [1.82, 2.24) is 15.2 Å². The van der Waals surface area contributed by atoms with Crippen molar-refractivity contribution >= 4 is 30.7 Å². The molecule has 1 saturated heterocycles. The summed E-state index contributed by atoms with van der Waals surface area (Å²) in [6.45, 7) is 6.77. The van der Waals surface area contributed by atoms with Gasteiger partial charge >= 0.3 is 0 Å². The molecular weight excluding hydrogens is 373 g/mol. The number of rotatable bonds is 5. The summed E-state index contributed by atoms with van der Waals surface area (Å²) >= 11 is 0. The molecule has 0 atom stereocenters. The summed E-state index contributed by atoms with van der Waals surface area (Å²) in [7, 11) is 0. The van der Waals surface area contributed by atoms with Gasteiger partial charge in [-0.3, -0.25) is 4.79 Å². The summed E-state index contributed by atoms with van der Waals surface area (Å²) in [5.41, 5.74) is 2.21. The number of furan rings is 1. The lowest BCUT2D eigenvalue weighted by Crippen LogP contribution is -2.46. The van der Waals surface area contributed by atoms with Crippen LogP contribution in [0.2, 0.25) is 0 Å². The minimum atomic E-state index is 0. The van der Waals surface area contributed by atoms with E-state index in [2.05, 4.69) is 17.2 Å². The Morgan fingerprint density at radius 1 is 1.27 bits per heavy atom. The molecule has 1 fully saturated rings. The molecule has 2 aromatic heterocycles. The molecule has 5 nitrogen and oxygen atoms in total. The predicted octanol–water partition coefficient (Wildman–Crippen LogP) is 4.10. The molecule has 1 amide bonds. The second-order valence-electron chi connectivity index (χ2n) is 6.29. The topological polar surface area (TPSA) is 58.4 Å². The fourth-order valence-corrected chi connectivity index (χ4v) is 3.31. The second-order valence-corrected chi connectivity index (χ2v) is 6.29. The van der Waals surface area contributed by atoms with Crippen LogP contribution in [0.15, 0.2) is 34.9 Å². The number of aryl methyl sites for hydroxylation is 1. The first-order chi connectivity index (χ1) is 11.7.